The molecule has 1 aliphatic rings. The predicted molar refractivity (Wildman–Crippen MR) is 96.7 cm³/mol. The average Bonchev–Trinajstić information content (AvgIpc) is 2.65. The van der Waals surface area contributed by atoms with Gasteiger partial charge in [-0.1, -0.05) is 23.7 Å². The van der Waals surface area contributed by atoms with Crippen LogP contribution in [0.4, 0.5) is 5.69 Å². The molecule has 7 heteroatoms. The van der Waals surface area contributed by atoms with Crippen molar-refractivity contribution in [1.82, 2.24) is 0 Å². The van der Waals surface area contributed by atoms with E-state index in [1.807, 2.05) is 12.1 Å². The summed E-state index contributed by atoms with van der Waals surface area (Å²) in [6.07, 6.45) is 0.0724. The zero-order valence-corrected chi connectivity index (χ0v) is 15.0. The van der Waals surface area contributed by atoms with E-state index in [1.54, 1.807) is 35.2 Å². The summed E-state index contributed by atoms with van der Waals surface area (Å²) < 4.78 is 15.9. The highest BCUT2D eigenvalue weighted by atomic mass is 35.5. The van der Waals surface area contributed by atoms with Crippen LogP contribution in [0.2, 0.25) is 5.02 Å². The van der Waals surface area contributed by atoms with Crippen LogP contribution >= 0.6 is 11.6 Å². The van der Waals surface area contributed by atoms with Crippen molar-refractivity contribution < 1.29 is 23.8 Å². The van der Waals surface area contributed by atoms with Gasteiger partial charge in [-0.3, -0.25) is 9.59 Å². The van der Waals surface area contributed by atoms with E-state index >= 15 is 0 Å². The maximum Gasteiger partial charge on any atom is 0.307 e. The van der Waals surface area contributed by atoms with Crippen LogP contribution in [0.25, 0.3) is 0 Å². The largest absolute Gasteiger partial charge is 0.496 e. The minimum atomic E-state index is -0.413. The number of carbonyl (C=O) groups is 2. The number of hydrogen-bond acceptors (Lipinski definition) is 5. The average molecular weight is 376 g/mol. The number of esters is 1. The van der Waals surface area contributed by atoms with Crippen LogP contribution in [0, 0.1) is 0 Å². The lowest BCUT2D eigenvalue weighted by molar-refractivity contribution is -0.144. The van der Waals surface area contributed by atoms with E-state index in [4.69, 9.17) is 25.8 Å². The van der Waals surface area contributed by atoms with Gasteiger partial charge in [0.15, 0.2) is 6.61 Å². The van der Waals surface area contributed by atoms with E-state index in [0.29, 0.717) is 27.8 Å². The van der Waals surface area contributed by atoms with Gasteiger partial charge in [0, 0.05) is 17.1 Å². The maximum atomic E-state index is 12.1. The second kappa shape index (κ2) is 8.10. The summed E-state index contributed by atoms with van der Waals surface area (Å²) in [7, 11) is 1.54. The van der Waals surface area contributed by atoms with Crippen LogP contribution in [0.5, 0.6) is 11.5 Å². The second-order valence-electron chi connectivity index (χ2n) is 5.67. The number of carbonyl (C=O) groups excluding carboxylic acids is 2. The molecule has 136 valence electrons. The highest BCUT2D eigenvalue weighted by Crippen LogP contribution is 2.31. The molecule has 0 fully saturated rings. The Morgan fingerprint density at radius 1 is 1.27 bits per heavy atom. The van der Waals surface area contributed by atoms with Gasteiger partial charge in [-0.25, -0.2) is 0 Å². The SMILES string of the molecule is COc1ccc(Cl)cc1COC(=O)CCN1C(=O)COc2ccccc21. The summed E-state index contributed by atoms with van der Waals surface area (Å²) in [4.78, 5) is 25.7. The van der Waals surface area contributed by atoms with Crippen LogP contribution < -0.4 is 14.4 Å². The molecule has 6 nitrogen and oxygen atoms in total. The van der Waals surface area contributed by atoms with Crippen molar-refractivity contribution in [2.45, 2.75) is 13.0 Å². The summed E-state index contributed by atoms with van der Waals surface area (Å²) in [5.74, 6) is 0.625. The quantitative estimate of drug-likeness (QED) is 0.725. The number of nitrogens with zero attached hydrogens (tertiary/aromatic N) is 1. The van der Waals surface area contributed by atoms with E-state index in [9.17, 15) is 9.59 Å². The van der Waals surface area contributed by atoms with Gasteiger partial charge in [0.1, 0.15) is 18.1 Å². The van der Waals surface area contributed by atoms with E-state index < -0.39 is 5.97 Å². The molecule has 0 N–H and O–H groups in total. The Kier molecular flexibility index (Phi) is 5.63. The van der Waals surface area contributed by atoms with Gasteiger partial charge in [-0.05, 0) is 30.3 Å². The maximum absolute atomic E-state index is 12.1. The van der Waals surface area contributed by atoms with Gasteiger partial charge >= 0.3 is 5.97 Å². The van der Waals surface area contributed by atoms with Crippen molar-refractivity contribution in [3.05, 3.63) is 53.1 Å². The molecule has 0 aliphatic carbocycles. The third kappa shape index (κ3) is 4.08. The number of rotatable bonds is 6. The van der Waals surface area contributed by atoms with Gasteiger partial charge in [-0.15, -0.1) is 0 Å². The van der Waals surface area contributed by atoms with Gasteiger partial charge in [0.2, 0.25) is 0 Å². The molecule has 0 radical (unpaired) electrons. The van der Waals surface area contributed by atoms with Gasteiger partial charge in [0.05, 0.1) is 19.2 Å². The van der Waals surface area contributed by atoms with E-state index in [1.165, 1.54) is 7.11 Å². The van der Waals surface area contributed by atoms with Crippen molar-refractivity contribution in [3.8, 4) is 11.5 Å². The molecule has 2 aromatic carbocycles. The molecule has 0 atom stereocenters. The number of amides is 1. The van der Waals surface area contributed by atoms with Crippen molar-refractivity contribution in [1.29, 1.82) is 0 Å². The van der Waals surface area contributed by atoms with Crippen LogP contribution in [-0.4, -0.2) is 32.1 Å². The van der Waals surface area contributed by atoms with Gasteiger partial charge in [0.25, 0.3) is 5.91 Å². The molecule has 0 saturated heterocycles. The van der Waals surface area contributed by atoms with Crippen LogP contribution in [0.1, 0.15) is 12.0 Å². The Labute approximate surface area is 156 Å². The third-order valence-electron chi connectivity index (χ3n) is 3.98. The lowest BCUT2D eigenvalue weighted by Gasteiger charge is -2.28. The molecule has 1 heterocycles. The Bertz CT molecular complexity index is 823. The molecule has 2 aromatic rings. The fourth-order valence-electron chi connectivity index (χ4n) is 2.69. The summed E-state index contributed by atoms with van der Waals surface area (Å²) in [5.41, 5.74) is 1.34. The number of anilines is 1. The smallest absolute Gasteiger partial charge is 0.307 e. The fraction of sp³-hybridized carbons (Fsp3) is 0.263. The van der Waals surface area contributed by atoms with Crippen molar-refractivity contribution in [3.63, 3.8) is 0 Å². The summed E-state index contributed by atoms with van der Waals surface area (Å²) in [6.45, 7) is 0.243. The topological polar surface area (TPSA) is 65.1 Å². The first-order valence-electron chi connectivity index (χ1n) is 8.08. The highest BCUT2D eigenvalue weighted by Gasteiger charge is 2.25. The number of fused-ring (bicyclic) bond motifs is 1. The lowest BCUT2D eigenvalue weighted by atomic mass is 10.2. The number of halogens is 1. The molecule has 0 bridgehead atoms. The van der Waals surface area contributed by atoms with E-state index in [-0.39, 0.29) is 32.1 Å². The minimum Gasteiger partial charge on any atom is -0.496 e. The van der Waals surface area contributed by atoms with Crippen LogP contribution in [-0.2, 0) is 20.9 Å². The zero-order valence-electron chi connectivity index (χ0n) is 14.2. The molecule has 26 heavy (non-hydrogen) atoms. The summed E-state index contributed by atoms with van der Waals surface area (Å²) in [6, 6.07) is 12.3. The molecule has 0 saturated carbocycles. The normalized spacial score (nSPS) is 13.0. The first kappa shape index (κ1) is 18.1. The van der Waals surface area contributed by atoms with Gasteiger partial charge < -0.3 is 19.1 Å². The Morgan fingerprint density at radius 2 is 2.08 bits per heavy atom. The molecule has 0 unspecified atom stereocenters. The van der Waals surface area contributed by atoms with Crippen molar-refractivity contribution in [2.75, 3.05) is 25.2 Å². The van der Waals surface area contributed by atoms with Crippen molar-refractivity contribution >= 4 is 29.2 Å². The fourth-order valence-corrected chi connectivity index (χ4v) is 2.89. The number of ether oxygens (including phenoxy) is 3. The van der Waals surface area contributed by atoms with Gasteiger partial charge in [-0.2, -0.15) is 0 Å². The molecule has 0 aromatic heterocycles. The Morgan fingerprint density at radius 3 is 2.88 bits per heavy atom. The zero-order chi connectivity index (χ0) is 18.5. The first-order valence-corrected chi connectivity index (χ1v) is 8.46. The van der Waals surface area contributed by atoms with E-state index in [2.05, 4.69) is 0 Å². The third-order valence-corrected chi connectivity index (χ3v) is 4.21. The van der Waals surface area contributed by atoms with Crippen LogP contribution in [0.3, 0.4) is 0 Å². The second-order valence-corrected chi connectivity index (χ2v) is 6.11. The monoisotopic (exact) mass is 375 g/mol. The standard InChI is InChI=1S/C19H18ClNO5/c1-24-16-7-6-14(20)10-13(16)11-26-19(23)8-9-21-15-4-2-3-5-17(15)25-12-18(21)22/h2-7,10H,8-9,11-12H2,1H3. The Balaban J connectivity index is 1.58. The molecular weight excluding hydrogens is 358 g/mol. The molecule has 1 amide bonds. The van der Waals surface area contributed by atoms with E-state index in [0.717, 1.165) is 0 Å². The minimum absolute atomic E-state index is 0.0359. The molecule has 3 rings (SSSR count). The summed E-state index contributed by atoms with van der Waals surface area (Å²) in [5, 5.41) is 0.535. The first-order chi connectivity index (χ1) is 12.6. The molecular formula is C19H18ClNO5. The number of methoxy groups -OCH3 is 1. The highest BCUT2D eigenvalue weighted by molar-refractivity contribution is 6.30. The predicted octanol–water partition coefficient (Wildman–Crippen LogP) is 3.21. The number of para-hydroxylation sites is 2. The molecule has 1 aliphatic heterocycles. The number of hydrogen-bond donors (Lipinski definition) is 0. The molecule has 0 spiro atoms. The number of benzene rings is 2. The van der Waals surface area contributed by atoms with Crippen LogP contribution in [0.15, 0.2) is 42.5 Å². The lowest BCUT2D eigenvalue weighted by Crippen LogP contribution is -2.40. The Hall–Kier alpha value is -2.73. The summed E-state index contributed by atoms with van der Waals surface area (Å²) >= 11 is 5.96. The van der Waals surface area contributed by atoms with Crippen molar-refractivity contribution in [2.24, 2.45) is 0 Å².